The van der Waals surface area contributed by atoms with Crippen molar-refractivity contribution in [3.8, 4) is 0 Å². The fourth-order valence-corrected chi connectivity index (χ4v) is 6.41. The highest BCUT2D eigenvalue weighted by atomic mass is 32.2. The summed E-state index contributed by atoms with van der Waals surface area (Å²) in [5.41, 5.74) is -0.547. The standard InChI is InChI=1S/C22H26FN5O4S/c23-18-6-4-16(5-7-18)17-8-13-28(14-9-17)33(31,32)15-22(20(29)26-21(30)27-22)10-1-3-19-24-11-2-12-25-19/h2,4-7,11-12,17H,1,3,8-10,13-15H2,(H2,26,27,29,30)/t22-/m1/s1. The molecule has 0 aliphatic carbocycles. The largest absolute Gasteiger partial charge is 0.322 e. The number of carbonyl (C=O) groups is 2. The predicted molar refractivity (Wildman–Crippen MR) is 118 cm³/mol. The number of benzene rings is 1. The summed E-state index contributed by atoms with van der Waals surface area (Å²) >= 11 is 0. The number of rotatable bonds is 8. The van der Waals surface area contributed by atoms with Crippen molar-refractivity contribution >= 4 is 22.0 Å². The van der Waals surface area contributed by atoms with E-state index < -0.39 is 33.3 Å². The van der Waals surface area contributed by atoms with Crippen molar-refractivity contribution in [1.29, 1.82) is 0 Å². The number of nitrogens with one attached hydrogen (secondary N) is 2. The minimum atomic E-state index is -3.82. The van der Waals surface area contributed by atoms with Gasteiger partial charge in [-0.15, -0.1) is 0 Å². The monoisotopic (exact) mass is 475 g/mol. The molecule has 1 aromatic carbocycles. The first-order chi connectivity index (χ1) is 15.8. The molecule has 9 nitrogen and oxygen atoms in total. The van der Waals surface area contributed by atoms with E-state index >= 15 is 0 Å². The lowest BCUT2D eigenvalue weighted by Gasteiger charge is -2.34. The Bertz CT molecular complexity index is 1110. The van der Waals surface area contributed by atoms with Crippen LogP contribution in [0.5, 0.6) is 0 Å². The molecule has 2 aromatic rings. The first-order valence-corrected chi connectivity index (χ1v) is 12.5. The molecule has 0 radical (unpaired) electrons. The van der Waals surface area contributed by atoms with Crippen LogP contribution in [0.4, 0.5) is 9.18 Å². The summed E-state index contributed by atoms with van der Waals surface area (Å²) in [5, 5.41) is 4.74. The van der Waals surface area contributed by atoms with Crippen molar-refractivity contribution in [2.75, 3.05) is 18.8 Å². The fourth-order valence-electron chi connectivity index (χ4n) is 4.49. The number of hydrogen-bond acceptors (Lipinski definition) is 6. The maximum atomic E-state index is 13.2. The molecule has 33 heavy (non-hydrogen) atoms. The van der Waals surface area contributed by atoms with Gasteiger partial charge in [0.2, 0.25) is 10.0 Å². The quantitative estimate of drug-likeness (QED) is 0.561. The van der Waals surface area contributed by atoms with E-state index in [-0.39, 0.29) is 18.2 Å². The lowest BCUT2D eigenvalue weighted by molar-refractivity contribution is -0.123. The summed E-state index contributed by atoms with van der Waals surface area (Å²) in [7, 11) is -3.82. The number of aryl methyl sites for hydroxylation is 1. The summed E-state index contributed by atoms with van der Waals surface area (Å²) in [6, 6.07) is 7.28. The molecule has 1 atom stereocenters. The topological polar surface area (TPSA) is 121 Å². The van der Waals surface area contributed by atoms with Crippen molar-refractivity contribution in [3.63, 3.8) is 0 Å². The van der Waals surface area contributed by atoms with Gasteiger partial charge >= 0.3 is 6.03 Å². The second-order valence-electron chi connectivity index (χ2n) is 8.49. The molecule has 0 bridgehead atoms. The number of amides is 3. The molecule has 3 amide bonds. The van der Waals surface area contributed by atoms with Gasteiger partial charge in [-0.2, -0.15) is 0 Å². The SMILES string of the molecule is O=C1NC(=O)[C@@](CCCc2ncccn2)(CS(=O)(=O)N2CCC(c3ccc(F)cc3)CC2)N1. The predicted octanol–water partition coefficient (Wildman–Crippen LogP) is 1.73. The summed E-state index contributed by atoms with van der Waals surface area (Å²) in [6.07, 6.45) is 5.46. The number of piperidine rings is 1. The molecule has 4 rings (SSSR count). The van der Waals surface area contributed by atoms with Crippen LogP contribution in [0.3, 0.4) is 0 Å². The zero-order valence-corrected chi connectivity index (χ0v) is 18.9. The molecule has 0 saturated carbocycles. The van der Waals surface area contributed by atoms with Gasteiger partial charge in [-0.3, -0.25) is 10.1 Å². The second kappa shape index (κ2) is 9.52. The van der Waals surface area contributed by atoms with E-state index in [0.717, 1.165) is 5.56 Å². The third-order valence-electron chi connectivity index (χ3n) is 6.26. The van der Waals surface area contributed by atoms with E-state index in [0.29, 0.717) is 44.6 Å². The smallest absolute Gasteiger partial charge is 0.322 e. The van der Waals surface area contributed by atoms with Crippen molar-refractivity contribution in [1.82, 2.24) is 24.9 Å². The Labute approximate surface area is 191 Å². The summed E-state index contributed by atoms with van der Waals surface area (Å²) < 4.78 is 41.1. The van der Waals surface area contributed by atoms with E-state index in [9.17, 15) is 22.4 Å². The van der Waals surface area contributed by atoms with Gasteiger partial charge in [0.1, 0.15) is 17.2 Å². The van der Waals surface area contributed by atoms with Crippen molar-refractivity contribution in [3.05, 3.63) is 59.9 Å². The molecule has 2 fully saturated rings. The van der Waals surface area contributed by atoms with E-state index in [4.69, 9.17) is 0 Å². The third kappa shape index (κ3) is 5.36. The molecule has 0 unspecified atom stereocenters. The molecule has 2 aliphatic rings. The van der Waals surface area contributed by atoms with Crippen molar-refractivity contribution in [2.24, 2.45) is 0 Å². The first-order valence-electron chi connectivity index (χ1n) is 10.9. The first kappa shape index (κ1) is 23.2. The van der Waals surface area contributed by atoms with Crippen molar-refractivity contribution in [2.45, 2.75) is 43.6 Å². The van der Waals surface area contributed by atoms with E-state index in [1.165, 1.54) is 16.4 Å². The number of carbonyl (C=O) groups excluding carboxylic acids is 2. The molecule has 2 aliphatic heterocycles. The summed E-state index contributed by atoms with van der Waals surface area (Å²) in [6.45, 7) is 0.599. The number of sulfonamides is 1. The molecular formula is C22H26FN5O4S. The number of imide groups is 1. The maximum absolute atomic E-state index is 13.2. The van der Waals surface area contributed by atoms with Crippen molar-refractivity contribution < 1.29 is 22.4 Å². The Balaban J connectivity index is 1.41. The van der Waals surface area contributed by atoms with Crippen LogP contribution in [0.1, 0.15) is 43.0 Å². The Hall–Kier alpha value is -2.92. The summed E-state index contributed by atoms with van der Waals surface area (Å²) in [4.78, 5) is 32.8. The van der Waals surface area contributed by atoms with Gasteiger partial charge < -0.3 is 5.32 Å². The van der Waals surface area contributed by atoms with Crippen LogP contribution >= 0.6 is 0 Å². The van der Waals surface area contributed by atoms with Gasteiger partial charge in [-0.05, 0) is 55.4 Å². The third-order valence-corrected chi connectivity index (χ3v) is 8.26. The van der Waals surface area contributed by atoms with Gasteiger partial charge in [0, 0.05) is 31.9 Å². The van der Waals surface area contributed by atoms with Gasteiger partial charge in [-0.25, -0.2) is 31.9 Å². The molecule has 176 valence electrons. The van der Waals surface area contributed by atoms with Gasteiger partial charge in [0.15, 0.2) is 0 Å². The minimum Gasteiger partial charge on any atom is -0.322 e. The van der Waals surface area contributed by atoms with E-state index in [1.54, 1.807) is 30.6 Å². The highest BCUT2D eigenvalue weighted by Gasteiger charge is 2.50. The minimum absolute atomic E-state index is 0.145. The van der Waals surface area contributed by atoms with Crippen LogP contribution in [0.25, 0.3) is 0 Å². The van der Waals surface area contributed by atoms with Crippen LogP contribution < -0.4 is 10.6 Å². The van der Waals surface area contributed by atoms with Crippen LogP contribution in [-0.2, 0) is 21.2 Å². The number of nitrogens with zero attached hydrogens (tertiary/aromatic N) is 3. The molecule has 3 heterocycles. The molecule has 1 aromatic heterocycles. The lowest BCUT2D eigenvalue weighted by Crippen LogP contribution is -2.55. The Morgan fingerprint density at radius 1 is 1.09 bits per heavy atom. The van der Waals surface area contributed by atoms with Gasteiger partial charge in [0.05, 0.1) is 5.75 Å². The summed E-state index contributed by atoms with van der Waals surface area (Å²) in [5.74, 6) is -0.713. The Morgan fingerprint density at radius 3 is 2.36 bits per heavy atom. The lowest BCUT2D eigenvalue weighted by atomic mass is 9.90. The van der Waals surface area contributed by atoms with Crippen LogP contribution in [-0.4, -0.2) is 59.0 Å². The zero-order valence-electron chi connectivity index (χ0n) is 18.0. The Kier molecular flexibility index (Phi) is 6.71. The molecule has 2 saturated heterocycles. The highest BCUT2D eigenvalue weighted by molar-refractivity contribution is 7.89. The zero-order chi connectivity index (χ0) is 23.5. The number of aromatic nitrogens is 2. The van der Waals surface area contributed by atoms with Crippen LogP contribution in [0, 0.1) is 5.82 Å². The van der Waals surface area contributed by atoms with E-state index in [2.05, 4.69) is 20.6 Å². The molecular weight excluding hydrogens is 449 g/mol. The molecule has 0 spiro atoms. The average molecular weight is 476 g/mol. The molecule has 11 heteroatoms. The van der Waals surface area contributed by atoms with Crippen LogP contribution in [0.2, 0.25) is 0 Å². The second-order valence-corrected chi connectivity index (χ2v) is 10.5. The normalized spacial score (nSPS) is 22.2. The fraction of sp³-hybridized carbons (Fsp3) is 0.455. The highest BCUT2D eigenvalue weighted by Crippen LogP contribution is 2.31. The number of halogens is 1. The average Bonchev–Trinajstić information content (AvgIpc) is 3.07. The Morgan fingerprint density at radius 2 is 1.76 bits per heavy atom. The van der Waals surface area contributed by atoms with Crippen LogP contribution in [0.15, 0.2) is 42.7 Å². The molecule has 2 N–H and O–H groups in total. The number of hydrogen-bond donors (Lipinski definition) is 2. The number of urea groups is 1. The van der Waals surface area contributed by atoms with E-state index in [1.807, 2.05) is 0 Å². The van der Waals surface area contributed by atoms with Gasteiger partial charge in [0.25, 0.3) is 5.91 Å². The van der Waals surface area contributed by atoms with Gasteiger partial charge in [-0.1, -0.05) is 12.1 Å². The maximum Gasteiger partial charge on any atom is 0.322 e.